The first kappa shape index (κ1) is 22.6. The molecule has 0 aliphatic carbocycles. The summed E-state index contributed by atoms with van der Waals surface area (Å²) in [7, 11) is -3.81. The topological polar surface area (TPSA) is 119 Å². The van der Waals surface area contributed by atoms with Crippen molar-refractivity contribution in [3.63, 3.8) is 0 Å². The lowest BCUT2D eigenvalue weighted by atomic mass is 10.1. The van der Waals surface area contributed by atoms with Crippen molar-refractivity contribution < 1.29 is 27.3 Å². The number of amides is 1. The van der Waals surface area contributed by atoms with E-state index in [1.54, 1.807) is 12.1 Å². The molecular weight excluding hydrogens is 429 g/mol. The molecule has 1 amide bonds. The molecule has 0 unspecified atom stereocenters. The van der Waals surface area contributed by atoms with Gasteiger partial charge < -0.3 is 10.1 Å². The highest BCUT2D eigenvalue weighted by atomic mass is 32.2. The van der Waals surface area contributed by atoms with Crippen LogP contribution >= 0.6 is 0 Å². The van der Waals surface area contributed by atoms with Gasteiger partial charge >= 0.3 is 5.69 Å². The van der Waals surface area contributed by atoms with Gasteiger partial charge in [0.2, 0.25) is 10.0 Å². The Labute approximate surface area is 179 Å². The molecule has 166 valence electrons. The van der Waals surface area contributed by atoms with Crippen LogP contribution in [0.25, 0.3) is 0 Å². The van der Waals surface area contributed by atoms with Crippen LogP contribution in [0.4, 0.5) is 10.1 Å². The van der Waals surface area contributed by atoms with Crippen molar-refractivity contribution in [3.05, 3.63) is 64.0 Å². The Hall–Kier alpha value is -3.05. The van der Waals surface area contributed by atoms with Crippen molar-refractivity contribution in [1.29, 1.82) is 0 Å². The largest absolute Gasteiger partial charge is 0.477 e. The smallest absolute Gasteiger partial charge is 0.312 e. The highest BCUT2D eigenvalue weighted by molar-refractivity contribution is 7.89. The normalized spacial score (nSPS) is 14.4. The number of ether oxygens (including phenoxy) is 1. The summed E-state index contributed by atoms with van der Waals surface area (Å²) in [6.07, 6.45) is 1.98. The summed E-state index contributed by atoms with van der Waals surface area (Å²) in [5.41, 5.74) is 0.312. The predicted molar refractivity (Wildman–Crippen MR) is 110 cm³/mol. The molecule has 1 aliphatic rings. The molecule has 11 heteroatoms. The van der Waals surface area contributed by atoms with E-state index in [0.717, 1.165) is 24.5 Å². The molecule has 1 aliphatic heterocycles. The minimum atomic E-state index is -3.81. The minimum absolute atomic E-state index is 0.183. The number of benzene rings is 2. The predicted octanol–water partition coefficient (Wildman–Crippen LogP) is 2.26. The van der Waals surface area contributed by atoms with Crippen molar-refractivity contribution in [3.8, 4) is 5.75 Å². The summed E-state index contributed by atoms with van der Waals surface area (Å²) in [5.74, 6) is -1.04. The number of nitrogens with zero attached hydrogens (tertiary/aromatic N) is 2. The number of sulfonamides is 1. The van der Waals surface area contributed by atoms with E-state index in [1.807, 2.05) is 0 Å². The third-order valence-corrected chi connectivity index (χ3v) is 6.73. The number of nitro benzene ring substituents is 1. The van der Waals surface area contributed by atoms with Gasteiger partial charge in [-0.1, -0.05) is 12.1 Å². The van der Waals surface area contributed by atoms with Gasteiger partial charge in [-0.15, -0.1) is 0 Å². The van der Waals surface area contributed by atoms with Crippen LogP contribution in [0.15, 0.2) is 47.4 Å². The molecule has 0 atom stereocenters. The van der Waals surface area contributed by atoms with Crippen LogP contribution in [0.1, 0.15) is 18.4 Å². The van der Waals surface area contributed by atoms with E-state index < -0.39 is 33.1 Å². The van der Waals surface area contributed by atoms with E-state index >= 15 is 0 Å². The summed E-state index contributed by atoms with van der Waals surface area (Å²) in [4.78, 5) is 22.5. The lowest BCUT2D eigenvalue weighted by Gasteiger charge is -2.16. The standard InChI is InChI=1S/C20H22FN3O6S/c21-16-5-3-15(4-6-16)9-10-22-20(25)14-30-19-8-7-17(13-18(19)24(26)27)31(28,29)23-11-1-2-12-23/h3-8,13H,1-2,9-12,14H2,(H,22,25). The van der Waals surface area contributed by atoms with Crippen molar-refractivity contribution in [2.24, 2.45) is 0 Å². The number of carbonyl (C=O) groups is 1. The molecule has 0 spiro atoms. The molecule has 1 saturated heterocycles. The number of carbonyl (C=O) groups excluding carboxylic acids is 1. The summed E-state index contributed by atoms with van der Waals surface area (Å²) in [6, 6.07) is 9.25. The average molecular weight is 451 g/mol. The van der Waals surface area contributed by atoms with Crippen molar-refractivity contribution >= 4 is 21.6 Å². The molecule has 1 fully saturated rings. The maximum absolute atomic E-state index is 12.9. The third-order valence-electron chi connectivity index (χ3n) is 4.84. The van der Waals surface area contributed by atoms with E-state index in [-0.39, 0.29) is 23.0 Å². The van der Waals surface area contributed by atoms with E-state index in [4.69, 9.17) is 4.74 Å². The maximum Gasteiger partial charge on any atom is 0.312 e. The first-order valence-corrected chi connectivity index (χ1v) is 11.1. The zero-order valence-electron chi connectivity index (χ0n) is 16.6. The fourth-order valence-corrected chi connectivity index (χ4v) is 4.73. The number of halogens is 1. The van der Waals surface area contributed by atoms with Crippen LogP contribution in [0.2, 0.25) is 0 Å². The first-order chi connectivity index (χ1) is 14.8. The molecule has 31 heavy (non-hydrogen) atoms. The molecule has 9 nitrogen and oxygen atoms in total. The van der Waals surface area contributed by atoms with Crippen LogP contribution < -0.4 is 10.1 Å². The summed E-state index contributed by atoms with van der Waals surface area (Å²) in [6.45, 7) is 0.574. The third kappa shape index (κ3) is 5.76. The van der Waals surface area contributed by atoms with Crippen LogP contribution in [-0.2, 0) is 21.2 Å². The molecular formula is C20H22FN3O6S. The molecule has 2 aromatic carbocycles. The first-order valence-electron chi connectivity index (χ1n) is 9.70. The van der Waals surface area contributed by atoms with Gasteiger partial charge in [0.25, 0.3) is 5.91 Å². The van der Waals surface area contributed by atoms with Gasteiger partial charge in [-0.2, -0.15) is 4.31 Å². The highest BCUT2D eigenvalue weighted by Crippen LogP contribution is 2.31. The van der Waals surface area contributed by atoms with E-state index in [2.05, 4.69) is 5.32 Å². The monoisotopic (exact) mass is 451 g/mol. The SMILES string of the molecule is O=C(COc1ccc(S(=O)(=O)N2CCCC2)cc1[N+](=O)[O-])NCCc1ccc(F)cc1. The number of hydrogen-bond donors (Lipinski definition) is 1. The highest BCUT2D eigenvalue weighted by Gasteiger charge is 2.30. The van der Waals surface area contributed by atoms with Gasteiger partial charge in [-0.3, -0.25) is 14.9 Å². The lowest BCUT2D eigenvalue weighted by Crippen LogP contribution is -2.30. The van der Waals surface area contributed by atoms with Crippen LogP contribution in [0.3, 0.4) is 0 Å². The molecule has 0 aromatic heterocycles. The maximum atomic E-state index is 12.9. The van der Waals surface area contributed by atoms with Crippen LogP contribution in [0.5, 0.6) is 5.75 Å². The zero-order chi connectivity index (χ0) is 22.4. The number of hydrogen-bond acceptors (Lipinski definition) is 6. The quantitative estimate of drug-likeness (QED) is 0.461. The van der Waals surface area contributed by atoms with Crippen molar-refractivity contribution in [2.75, 3.05) is 26.2 Å². The van der Waals surface area contributed by atoms with Gasteiger partial charge in [0.1, 0.15) is 5.82 Å². The molecule has 1 N–H and O–H groups in total. The summed E-state index contributed by atoms with van der Waals surface area (Å²) in [5, 5.41) is 14.0. The van der Waals surface area contributed by atoms with Crippen LogP contribution in [-0.4, -0.2) is 49.8 Å². The molecule has 1 heterocycles. The Kier molecular flexibility index (Phi) is 7.18. The van der Waals surface area contributed by atoms with Gasteiger partial charge in [0, 0.05) is 25.7 Å². The van der Waals surface area contributed by atoms with Crippen molar-refractivity contribution in [1.82, 2.24) is 9.62 Å². The number of rotatable bonds is 9. The molecule has 0 radical (unpaired) electrons. The van der Waals surface area contributed by atoms with E-state index in [1.165, 1.54) is 28.6 Å². The van der Waals surface area contributed by atoms with E-state index in [0.29, 0.717) is 19.5 Å². The molecule has 2 aromatic rings. The average Bonchev–Trinajstić information content (AvgIpc) is 3.29. The zero-order valence-corrected chi connectivity index (χ0v) is 17.4. The fourth-order valence-electron chi connectivity index (χ4n) is 3.19. The van der Waals surface area contributed by atoms with Crippen LogP contribution in [0, 0.1) is 15.9 Å². The van der Waals surface area contributed by atoms with Gasteiger partial charge in [-0.25, -0.2) is 12.8 Å². The van der Waals surface area contributed by atoms with Gasteiger partial charge in [0.15, 0.2) is 12.4 Å². The summed E-state index contributed by atoms with van der Waals surface area (Å²) < 4.78 is 44.7. The Morgan fingerprint density at radius 3 is 2.48 bits per heavy atom. The summed E-state index contributed by atoms with van der Waals surface area (Å²) >= 11 is 0. The molecule has 3 rings (SSSR count). The lowest BCUT2D eigenvalue weighted by molar-refractivity contribution is -0.386. The Bertz CT molecular complexity index is 1050. The van der Waals surface area contributed by atoms with Gasteiger partial charge in [0.05, 0.1) is 9.82 Å². The van der Waals surface area contributed by atoms with Gasteiger partial charge in [-0.05, 0) is 49.1 Å². The second-order valence-corrected chi connectivity index (χ2v) is 8.95. The Morgan fingerprint density at radius 1 is 1.16 bits per heavy atom. The fraction of sp³-hybridized carbons (Fsp3) is 0.350. The van der Waals surface area contributed by atoms with Crippen molar-refractivity contribution in [2.45, 2.75) is 24.2 Å². The number of nitro groups is 1. The van der Waals surface area contributed by atoms with E-state index in [9.17, 15) is 27.7 Å². The second kappa shape index (κ2) is 9.84. The number of nitrogens with one attached hydrogen (secondary N) is 1. The molecule has 0 saturated carbocycles. The second-order valence-electron chi connectivity index (χ2n) is 7.01. The Morgan fingerprint density at radius 2 is 1.84 bits per heavy atom. The Balaban J connectivity index is 1.59. The minimum Gasteiger partial charge on any atom is -0.477 e. The molecule has 0 bridgehead atoms.